The first-order chi connectivity index (χ1) is 7.59. The van der Waals surface area contributed by atoms with Crippen molar-refractivity contribution in [3.05, 3.63) is 27.0 Å². The maximum atomic E-state index is 10.8. The smallest absolute Gasteiger partial charge is 0.311 e. The van der Waals surface area contributed by atoms with E-state index in [0.29, 0.717) is 16.1 Å². The third-order valence-electron chi connectivity index (χ3n) is 2.89. The summed E-state index contributed by atoms with van der Waals surface area (Å²) in [6.07, 6.45) is 4.03. The first kappa shape index (κ1) is 11.3. The van der Waals surface area contributed by atoms with Gasteiger partial charge in [0.25, 0.3) is 0 Å². The molecule has 0 bridgehead atoms. The van der Waals surface area contributed by atoms with E-state index >= 15 is 0 Å². The summed E-state index contributed by atoms with van der Waals surface area (Å²) in [6.45, 7) is 2.97. The standard InChI is InChI=1S/C10H12BrN3O2/c1-6-2-7(6)3-13-10-8(11)4-12-5-9(10)14(15)16/h4-7H,2-3H2,1H3,(H,12,13). The second kappa shape index (κ2) is 4.37. The molecule has 2 rings (SSSR count). The van der Waals surface area contributed by atoms with Crippen LogP contribution < -0.4 is 5.32 Å². The highest BCUT2D eigenvalue weighted by molar-refractivity contribution is 9.10. The minimum atomic E-state index is -0.420. The number of pyridine rings is 1. The third-order valence-corrected chi connectivity index (χ3v) is 3.49. The SMILES string of the molecule is CC1CC1CNc1c(Br)cncc1[N+](=O)[O-]. The molecule has 0 amide bonds. The van der Waals surface area contributed by atoms with E-state index in [4.69, 9.17) is 0 Å². The van der Waals surface area contributed by atoms with E-state index in [1.54, 1.807) is 6.20 Å². The molecule has 1 aliphatic rings. The second-order valence-electron chi connectivity index (χ2n) is 4.13. The molecule has 6 heteroatoms. The van der Waals surface area contributed by atoms with Crippen LogP contribution in [-0.2, 0) is 0 Å². The van der Waals surface area contributed by atoms with Crippen LogP contribution in [0.15, 0.2) is 16.9 Å². The Bertz CT molecular complexity index is 425. The number of rotatable bonds is 4. The van der Waals surface area contributed by atoms with Crippen LogP contribution in [-0.4, -0.2) is 16.5 Å². The van der Waals surface area contributed by atoms with Crippen molar-refractivity contribution in [1.82, 2.24) is 4.98 Å². The average molecular weight is 286 g/mol. The van der Waals surface area contributed by atoms with E-state index in [9.17, 15) is 10.1 Å². The number of halogens is 1. The molecule has 0 spiro atoms. The van der Waals surface area contributed by atoms with Gasteiger partial charge in [0, 0.05) is 12.7 Å². The van der Waals surface area contributed by atoms with Gasteiger partial charge in [-0.05, 0) is 34.2 Å². The summed E-state index contributed by atoms with van der Waals surface area (Å²) >= 11 is 3.27. The molecular weight excluding hydrogens is 274 g/mol. The largest absolute Gasteiger partial charge is 0.378 e. The normalized spacial score (nSPS) is 22.9. The predicted molar refractivity (Wildman–Crippen MR) is 64.4 cm³/mol. The molecule has 2 atom stereocenters. The second-order valence-corrected chi connectivity index (χ2v) is 4.98. The van der Waals surface area contributed by atoms with Crippen LogP contribution in [0, 0.1) is 22.0 Å². The monoisotopic (exact) mass is 285 g/mol. The van der Waals surface area contributed by atoms with Crippen LogP contribution >= 0.6 is 15.9 Å². The summed E-state index contributed by atoms with van der Waals surface area (Å²) in [4.78, 5) is 14.2. The van der Waals surface area contributed by atoms with Gasteiger partial charge in [0.1, 0.15) is 11.9 Å². The van der Waals surface area contributed by atoms with Crippen molar-refractivity contribution in [3.8, 4) is 0 Å². The topological polar surface area (TPSA) is 68.1 Å². The quantitative estimate of drug-likeness (QED) is 0.682. The Labute approximate surface area is 102 Å². The zero-order valence-electron chi connectivity index (χ0n) is 8.81. The number of hydrogen-bond donors (Lipinski definition) is 1. The lowest BCUT2D eigenvalue weighted by Gasteiger charge is -2.07. The van der Waals surface area contributed by atoms with Crippen molar-refractivity contribution in [2.75, 3.05) is 11.9 Å². The summed E-state index contributed by atoms with van der Waals surface area (Å²) in [6, 6.07) is 0. The summed E-state index contributed by atoms with van der Waals surface area (Å²) in [5.74, 6) is 1.37. The van der Waals surface area contributed by atoms with E-state index in [2.05, 4.69) is 33.2 Å². The van der Waals surface area contributed by atoms with Gasteiger partial charge in [-0.25, -0.2) is 0 Å². The van der Waals surface area contributed by atoms with Gasteiger partial charge < -0.3 is 5.32 Å². The zero-order valence-corrected chi connectivity index (χ0v) is 10.4. The van der Waals surface area contributed by atoms with E-state index in [0.717, 1.165) is 12.5 Å². The molecule has 0 radical (unpaired) electrons. The maximum Gasteiger partial charge on any atom is 0.311 e. The first-order valence-electron chi connectivity index (χ1n) is 5.11. The van der Waals surface area contributed by atoms with E-state index in [1.165, 1.54) is 12.6 Å². The van der Waals surface area contributed by atoms with Gasteiger partial charge in [0.05, 0.1) is 9.40 Å². The highest BCUT2D eigenvalue weighted by Crippen LogP contribution is 2.39. The molecule has 1 N–H and O–H groups in total. The molecule has 0 aromatic carbocycles. The molecular formula is C10H12BrN3O2. The summed E-state index contributed by atoms with van der Waals surface area (Å²) in [5.41, 5.74) is 0.543. The lowest BCUT2D eigenvalue weighted by Crippen LogP contribution is -2.07. The fraction of sp³-hybridized carbons (Fsp3) is 0.500. The lowest BCUT2D eigenvalue weighted by atomic mass is 10.3. The van der Waals surface area contributed by atoms with Crippen molar-refractivity contribution in [3.63, 3.8) is 0 Å². The van der Waals surface area contributed by atoms with E-state index in [-0.39, 0.29) is 5.69 Å². The van der Waals surface area contributed by atoms with Crippen molar-refractivity contribution < 1.29 is 4.92 Å². The third kappa shape index (κ3) is 2.32. The number of nitrogens with one attached hydrogen (secondary N) is 1. The number of hydrogen-bond acceptors (Lipinski definition) is 4. The summed E-state index contributed by atoms with van der Waals surface area (Å²) < 4.78 is 0.634. The molecule has 0 aliphatic heterocycles. The number of aromatic nitrogens is 1. The summed E-state index contributed by atoms with van der Waals surface area (Å²) in [7, 11) is 0. The van der Waals surface area contributed by atoms with Crippen LogP contribution in [0.1, 0.15) is 13.3 Å². The van der Waals surface area contributed by atoms with Crippen LogP contribution in [0.2, 0.25) is 0 Å². The molecule has 1 heterocycles. The van der Waals surface area contributed by atoms with Gasteiger partial charge in [-0.15, -0.1) is 0 Å². The fourth-order valence-corrected chi connectivity index (χ4v) is 2.12. The Kier molecular flexibility index (Phi) is 3.09. The van der Waals surface area contributed by atoms with Crippen molar-refractivity contribution >= 4 is 27.3 Å². The molecule has 5 nitrogen and oxygen atoms in total. The van der Waals surface area contributed by atoms with Gasteiger partial charge in [-0.2, -0.15) is 0 Å². The molecule has 16 heavy (non-hydrogen) atoms. The number of nitrogens with zero attached hydrogens (tertiary/aromatic N) is 2. The number of nitro groups is 1. The average Bonchev–Trinajstić information content (AvgIpc) is 2.92. The number of anilines is 1. The molecule has 2 unspecified atom stereocenters. The predicted octanol–water partition coefficient (Wildman–Crippen LogP) is 2.82. The lowest BCUT2D eigenvalue weighted by molar-refractivity contribution is -0.384. The van der Waals surface area contributed by atoms with E-state index < -0.39 is 4.92 Å². The Balaban J connectivity index is 2.14. The zero-order chi connectivity index (χ0) is 11.7. The first-order valence-corrected chi connectivity index (χ1v) is 5.90. The highest BCUT2D eigenvalue weighted by atomic mass is 79.9. The maximum absolute atomic E-state index is 10.8. The Morgan fingerprint density at radius 2 is 2.38 bits per heavy atom. The van der Waals surface area contributed by atoms with Gasteiger partial charge in [-0.3, -0.25) is 15.1 Å². The Hall–Kier alpha value is -1.17. The van der Waals surface area contributed by atoms with Crippen LogP contribution in [0.3, 0.4) is 0 Å². The van der Waals surface area contributed by atoms with E-state index in [1.807, 2.05) is 0 Å². The van der Waals surface area contributed by atoms with Crippen LogP contribution in [0.5, 0.6) is 0 Å². The molecule has 1 fully saturated rings. The van der Waals surface area contributed by atoms with Crippen LogP contribution in [0.4, 0.5) is 11.4 Å². The van der Waals surface area contributed by atoms with Crippen molar-refractivity contribution in [1.29, 1.82) is 0 Å². The van der Waals surface area contributed by atoms with Gasteiger partial charge in [-0.1, -0.05) is 6.92 Å². The fourth-order valence-electron chi connectivity index (χ4n) is 1.65. The van der Waals surface area contributed by atoms with Crippen LogP contribution in [0.25, 0.3) is 0 Å². The van der Waals surface area contributed by atoms with Gasteiger partial charge in [0.2, 0.25) is 0 Å². The summed E-state index contributed by atoms with van der Waals surface area (Å²) in [5, 5.41) is 13.9. The van der Waals surface area contributed by atoms with Gasteiger partial charge in [0.15, 0.2) is 0 Å². The molecule has 86 valence electrons. The van der Waals surface area contributed by atoms with Crippen molar-refractivity contribution in [2.45, 2.75) is 13.3 Å². The molecule has 1 aromatic rings. The highest BCUT2D eigenvalue weighted by Gasteiger charge is 2.32. The molecule has 1 aliphatic carbocycles. The molecule has 1 saturated carbocycles. The Morgan fingerprint density at radius 1 is 1.69 bits per heavy atom. The van der Waals surface area contributed by atoms with Gasteiger partial charge >= 0.3 is 5.69 Å². The minimum absolute atomic E-state index is 0.0164. The Morgan fingerprint density at radius 3 is 2.94 bits per heavy atom. The minimum Gasteiger partial charge on any atom is -0.378 e. The molecule has 0 saturated heterocycles. The van der Waals surface area contributed by atoms with Crippen molar-refractivity contribution in [2.24, 2.45) is 11.8 Å². The molecule has 1 aromatic heterocycles.